The summed E-state index contributed by atoms with van der Waals surface area (Å²) in [4.78, 5) is 47.4. The normalized spacial score (nSPS) is 25.9. The van der Waals surface area contributed by atoms with E-state index in [1.165, 1.54) is 35.0 Å². The number of carbonyl (C=O) groups excluding carboxylic acids is 4. The molecule has 0 amide bonds. The predicted molar refractivity (Wildman–Crippen MR) is 108 cm³/mol. The molecular weight excluding hydrogens is 424 g/mol. The second-order valence-corrected chi connectivity index (χ2v) is 7.29. The van der Waals surface area contributed by atoms with Crippen LogP contribution in [0.2, 0.25) is 0 Å². The van der Waals surface area contributed by atoms with Crippen LogP contribution in [0.3, 0.4) is 0 Å². The first-order chi connectivity index (χ1) is 15.1. The standard InChI is InChI=1S/C22H28O10/c1-11-17(30-12(2)23)20(31-13(3)24)21(32-14(4)25)18(29-11)15-8-7-9-16(10-15)19(27-5)22(26)28-6/h7-11,17-21H,1-6H3/t11-,17+,18+,19?,20+,21+/m0/s1. The third kappa shape index (κ3) is 6.04. The molecule has 0 bridgehead atoms. The van der Waals surface area contributed by atoms with Gasteiger partial charge < -0.3 is 28.4 Å². The van der Waals surface area contributed by atoms with Crippen LogP contribution in [-0.2, 0) is 47.6 Å². The maximum atomic E-state index is 12.1. The largest absolute Gasteiger partial charge is 0.467 e. The Balaban J connectivity index is 2.52. The zero-order valence-corrected chi connectivity index (χ0v) is 18.9. The van der Waals surface area contributed by atoms with Crippen LogP contribution in [0.25, 0.3) is 0 Å². The van der Waals surface area contributed by atoms with Gasteiger partial charge in [-0.3, -0.25) is 14.4 Å². The van der Waals surface area contributed by atoms with Gasteiger partial charge in [-0.1, -0.05) is 18.2 Å². The second-order valence-electron chi connectivity index (χ2n) is 7.29. The fraction of sp³-hybridized carbons (Fsp3) is 0.545. The first kappa shape index (κ1) is 25.3. The van der Waals surface area contributed by atoms with Crippen molar-refractivity contribution in [2.45, 2.75) is 64.3 Å². The Hall–Kier alpha value is -2.98. The average Bonchev–Trinajstić information content (AvgIpc) is 2.72. The molecule has 10 heteroatoms. The van der Waals surface area contributed by atoms with E-state index in [9.17, 15) is 19.2 Å². The van der Waals surface area contributed by atoms with E-state index < -0.39 is 60.5 Å². The van der Waals surface area contributed by atoms with Gasteiger partial charge in [0.2, 0.25) is 0 Å². The molecule has 1 heterocycles. The minimum Gasteiger partial charge on any atom is -0.467 e. The van der Waals surface area contributed by atoms with Crippen LogP contribution in [-0.4, -0.2) is 62.5 Å². The van der Waals surface area contributed by atoms with Gasteiger partial charge in [0.1, 0.15) is 6.10 Å². The quantitative estimate of drug-likeness (QED) is 0.447. The van der Waals surface area contributed by atoms with Crippen molar-refractivity contribution in [3.8, 4) is 0 Å². The maximum absolute atomic E-state index is 12.1. The first-order valence-electron chi connectivity index (χ1n) is 9.96. The van der Waals surface area contributed by atoms with Crippen LogP contribution >= 0.6 is 0 Å². The van der Waals surface area contributed by atoms with Crippen molar-refractivity contribution in [2.24, 2.45) is 0 Å². The van der Waals surface area contributed by atoms with E-state index in [2.05, 4.69) is 0 Å². The van der Waals surface area contributed by atoms with Gasteiger partial charge in [0.05, 0.1) is 13.2 Å². The van der Waals surface area contributed by atoms with Crippen LogP contribution in [0.15, 0.2) is 24.3 Å². The lowest BCUT2D eigenvalue weighted by Gasteiger charge is -2.44. The molecule has 0 aromatic heterocycles. The van der Waals surface area contributed by atoms with Crippen molar-refractivity contribution < 1.29 is 47.6 Å². The Morgan fingerprint density at radius 2 is 1.44 bits per heavy atom. The smallest absolute Gasteiger partial charge is 0.339 e. The fourth-order valence-corrected chi connectivity index (χ4v) is 3.66. The number of hydrogen-bond acceptors (Lipinski definition) is 10. The van der Waals surface area contributed by atoms with Crippen molar-refractivity contribution in [1.29, 1.82) is 0 Å². The van der Waals surface area contributed by atoms with Crippen LogP contribution < -0.4 is 0 Å². The molecule has 10 nitrogen and oxygen atoms in total. The molecule has 176 valence electrons. The molecule has 2 rings (SSSR count). The Bertz CT molecular complexity index is 851. The highest BCUT2D eigenvalue weighted by atomic mass is 16.6. The molecule has 1 fully saturated rings. The summed E-state index contributed by atoms with van der Waals surface area (Å²) in [6.07, 6.45) is -5.81. The third-order valence-electron chi connectivity index (χ3n) is 4.87. The predicted octanol–water partition coefficient (Wildman–Crippen LogP) is 1.80. The maximum Gasteiger partial charge on any atom is 0.339 e. The van der Waals surface area contributed by atoms with Crippen LogP contribution in [0.1, 0.15) is 51.0 Å². The Labute approximate surface area is 186 Å². The summed E-state index contributed by atoms with van der Waals surface area (Å²) < 4.78 is 32.3. The third-order valence-corrected chi connectivity index (χ3v) is 4.87. The van der Waals surface area contributed by atoms with Crippen molar-refractivity contribution in [3.63, 3.8) is 0 Å². The summed E-state index contributed by atoms with van der Waals surface area (Å²) in [5, 5.41) is 0. The minimum absolute atomic E-state index is 0.487. The van der Waals surface area contributed by atoms with Crippen molar-refractivity contribution in [2.75, 3.05) is 14.2 Å². The van der Waals surface area contributed by atoms with E-state index in [1.54, 1.807) is 31.2 Å². The van der Waals surface area contributed by atoms with Crippen LogP contribution in [0.5, 0.6) is 0 Å². The summed E-state index contributed by atoms with van der Waals surface area (Å²) in [5.74, 6) is -2.48. The first-order valence-corrected chi connectivity index (χ1v) is 9.96. The van der Waals surface area contributed by atoms with Gasteiger partial charge in [-0.25, -0.2) is 4.79 Å². The lowest BCUT2D eigenvalue weighted by atomic mass is 9.89. The highest BCUT2D eigenvalue weighted by Crippen LogP contribution is 2.38. The molecule has 0 aliphatic carbocycles. The number of hydrogen-bond donors (Lipinski definition) is 0. The molecule has 0 spiro atoms. The zero-order valence-electron chi connectivity index (χ0n) is 18.9. The molecule has 32 heavy (non-hydrogen) atoms. The zero-order chi connectivity index (χ0) is 24.0. The van der Waals surface area contributed by atoms with Gasteiger partial charge in [0.15, 0.2) is 24.4 Å². The van der Waals surface area contributed by atoms with Gasteiger partial charge in [-0.15, -0.1) is 0 Å². The highest BCUT2D eigenvalue weighted by Gasteiger charge is 2.50. The van der Waals surface area contributed by atoms with E-state index in [4.69, 9.17) is 28.4 Å². The molecule has 0 saturated carbocycles. The Kier molecular flexibility index (Phi) is 8.73. The molecule has 1 aliphatic heterocycles. The topological polar surface area (TPSA) is 124 Å². The number of benzene rings is 1. The minimum atomic E-state index is -1.12. The summed E-state index contributed by atoms with van der Waals surface area (Å²) >= 11 is 0. The Morgan fingerprint density at radius 3 is 1.97 bits per heavy atom. The van der Waals surface area contributed by atoms with E-state index in [0.29, 0.717) is 11.1 Å². The molecule has 1 unspecified atom stereocenters. The van der Waals surface area contributed by atoms with E-state index in [-0.39, 0.29) is 0 Å². The van der Waals surface area contributed by atoms with E-state index in [1.807, 2.05) is 0 Å². The lowest BCUT2D eigenvalue weighted by molar-refractivity contribution is -0.245. The highest BCUT2D eigenvalue weighted by molar-refractivity contribution is 5.76. The lowest BCUT2D eigenvalue weighted by Crippen LogP contribution is -2.57. The molecule has 0 radical (unpaired) electrons. The number of rotatable bonds is 7. The molecule has 1 aromatic carbocycles. The van der Waals surface area contributed by atoms with Crippen molar-refractivity contribution >= 4 is 23.9 Å². The molecular formula is C22H28O10. The van der Waals surface area contributed by atoms with E-state index >= 15 is 0 Å². The SMILES string of the molecule is COC(=O)C(OC)c1cccc([C@H]2O[C@@H](C)[C@@H](OC(C)=O)[C@@H](OC(C)=O)[C@@H]2OC(C)=O)c1. The van der Waals surface area contributed by atoms with Gasteiger partial charge in [0.25, 0.3) is 0 Å². The average molecular weight is 452 g/mol. The van der Waals surface area contributed by atoms with Gasteiger partial charge in [-0.05, 0) is 24.1 Å². The fourth-order valence-electron chi connectivity index (χ4n) is 3.66. The number of carbonyl (C=O) groups is 4. The Morgan fingerprint density at radius 1 is 0.875 bits per heavy atom. The molecule has 1 aromatic rings. The molecule has 6 atom stereocenters. The molecule has 1 saturated heterocycles. The number of methoxy groups -OCH3 is 2. The van der Waals surface area contributed by atoms with Crippen LogP contribution in [0.4, 0.5) is 0 Å². The van der Waals surface area contributed by atoms with Crippen molar-refractivity contribution in [3.05, 3.63) is 35.4 Å². The second kappa shape index (κ2) is 11.1. The summed E-state index contributed by atoms with van der Waals surface area (Å²) in [5.41, 5.74) is 1.02. The van der Waals surface area contributed by atoms with Gasteiger partial charge in [0, 0.05) is 27.9 Å². The van der Waals surface area contributed by atoms with Crippen LogP contribution in [0, 0.1) is 0 Å². The van der Waals surface area contributed by atoms with Gasteiger partial charge in [-0.2, -0.15) is 0 Å². The van der Waals surface area contributed by atoms with Gasteiger partial charge >= 0.3 is 23.9 Å². The number of ether oxygens (including phenoxy) is 6. The van der Waals surface area contributed by atoms with Crippen molar-refractivity contribution in [1.82, 2.24) is 0 Å². The summed E-state index contributed by atoms with van der Waals surface area (Å²) in [6.45, 7) is 5.27. The number of esters is 4. The molecule has 1 aliphatic rings. The summed E-state index contributed by atoms with van der Waals surface area (Å²) in [7, 11) is 2.62. The van der Waals surface area contributed by atoms with E-state index in [0.717, 1.165) is 0 Å². The monoisotopic (exact) mass is 452 g/mol. The molecule has 0 N–H and O–H groups in total. The summed E-state index contributed by atoms with van der Waals surface area (Å²) in [6, 6.07) is 6.71.